The maximum atomic E-state index is 12.7. The first-order valence-electron chi connectivity index (χ1n) is 8.80. The molecule has 27 heavy (non-hydrogen) atoms. The molecule has 1 saturated heterocycles. The number of amides is 1. The summed E-state index contributed by atoms with van der Waals surface area (Å²) in [5, 5.41) is 0.613. The molecule has 2 aliphatic heterocycles. The third-order valence-corrected chi connectivity index (χ3v) is 5.06. The highest BCUT2D eigenvalue weighted by Gasteiger charge is 2.25. The molecule has 0 radical (unpaired) electrons. The lowest BCUT2D eigenvalue weighted by atomic mass is 10.1. The van der Waals surface area contributed by atoms with Gasteiger partial charge in [0, 0.05) is 42.3 Å². The van der Waals surface area contributed by atoms with E-state index in [-0.39, 0.29) is 18.5 Å². The molecule has 1 amide bonds. The third-order valence-electron chi connectivity index (χ3n) is 4.81. The first kappa shape index (κ1) is 17.8. The molecule has 0 N–H and O–H groups in total. The van der Waals surface area contributed by atoms with Crippen LogP contribution < -0.4 is 9.47 Å². The van der Waals surface area contributed by atoms with E-state index < -0.39 is 0 Å². The summed E-state index contributed by atoms with van der Waals surface area (Å²) in [7, 11) is 0. The largest absolute Gasteiger partial charge is 0.454 e. The molecule has 1 fully saturated rings. The summed E-state index contributed by atoms with van der Waals surface area (Å²) in [6, 6.07) is 12.2. The zero-order chi connectivity index (χ0) is 18.8. The zero-order valence-electron chi connectivity index (χ0n) is 14.7. The maximum Gasteiger partial charge on any atom is 0.254 e. The van der Waals surface area contributed by atoms with Crippen molar-refractivity contribution in [3.63, 3.8) is 0 Å². The Morgan fingerprint density at radius 1 is 0.889 bits per heavy atom. The topological polar surface area (TPSA) is 59.1 Å². The molecule has 0 spiro atoms. The van der Waals surface area contributed by atoms with E-state index in [2.05, 4.69) is 4.90 Å². The van der Waals surface area contributed by atoms with Gasteiger partial charge in [0.25, 0.3) is 5.91 Å². The maximum absolute atomic E-state index is 12.7. The average molecular weight is 387 g/mol. The Morgan fingerprint density at radius 2 is 1.56 bits per heavy atom. The fraction of sp³-hybridized carbons (Fsp3) is 0.300. The van der Waals surface area contributed by atoms with Gasteiger partial charge >= 0.3 is 0 Å². The molecule has 0 bridgehead atoms. The molecule has 7 heteroatoms. The molecular formula is C20H19ClN2O4. The predicted molar refractivity (Wildman–Crippen MR) is 101 cm³/mol. The Labute approximate surface area is 162 Å². The van der Waals surface area contributed by atoms with E-state index in [1.807, 2.05) is 0 Å². The van der Waals surface area contributed by atoms with Gasteiger partial charge in [-0.1, -0.05) is 11.6 Å². The number of ether oxygens (including phenoxy) is 2. The van der Waals surface area contributed by atoms with Crippen molar-refractivity contribution in [3.8, 4) is 11.5 Å². The highest BCUT2D eigenvalue weighted by Crippen LogP contribution is 2.32. The van der Waals surface area contributed by atoms with Crippen LogP contribution in [0, 0.1) is 0 Å². The molecule has 0 aliphatic carbocycles. The van der Waals surface area contributed by atoms with Gasteiger partial charge in [-0.15, -0.1) is 0 Å². The van der Waals surface area contributed by atoms with Gasteiger partial charge in [-0.05, 0) is 42.5 Å². The van der Waals surface area contributed by atoms with Gasteiger partial charge in [0.15, 0.2) is 17.3 Å². The van der Waals surface area contributed by atoms with E-state index in [1.165, 1.54) is 0 Å². The first-order valence-corrected chi connectivity index (χ1v) is 9.18. The SMILES string of the molecule is O=C(CN1CCN(C(=O)c2ccc3c(c2)OCO3)CC1)c1ccc(Cl)cc1. The number of hydrogen-bond donors (Lipinski definition) is 0. The molecule has 140 valence electrons. The van der Waals surface area contributed by atoms with Crippen molar-refractivity contribution in [2.24, 2.45) is 0 Å². The van der Waals surface area contributed by atoms with Gasteiger partial charge in [-0.2, -0.15) is 0 Å². The van der Waals surface area contributed by atoms with Crippen LogP contribution in [-0.2, 0) is 0 Å². The Kier molecular flexibility index (Phi) is 5.01. The van der Waals surface area contributed by atoms with Crippen molar-refractivity contribution in [3.05, 3.63) is 58.6 Å². The fourth-order valence-electron chi connectivity index (χ4n) is 3.25. The average Bonchev–Trinajstić information content (AvgIpc) is 3.16. The molecule has 0 aromatic heterocycles. The summed E-state index contributed by atoms with van der Waals surface area (Å²) in [6.45, 7) is 3.02. The van der Waals surface area contributed by atoms with E-state index in [4.69, 9.17) is 21.1 Å². The summed E-state index contributed by atoms with van der Waals surface area (Å²) >= 11 is 5.86. The number of carbonyl (C=O) groups is 2. The number of nitrogens with zero attached hydrogens (tertiary/aromatic N) is 2. The number of piperazine rings is 1. The van der Waals surface area contributed by atoms with Gasteiger partial charge in [-0.25, -0.2) is 0 Å². The van der Waals surface area contributed by atoms with Crippen LogP contribution in [0.5, 0.6) is 11.5 Å². The Hall–Kier alpha value is -2.57. The molecular weight excluding hydrogens is 368 g/mol. The highest BCUT2D eigenvalue weighted by molar-refractivity contribution is 6.30. The first-order chi connectivity index (χ1) is 13.1. The smallest absolute Gasteiger partial charge is 0.254 e. The third kappa shape index (κ3) is 3.91. The lowest BCUT2D eigenvalue weighted by Crippen LogP contribution is -2.49. The molecule has 0 saturated carbocycles. The number of carbonyl (C=O) groups excluding carboxylic acids is 2. The van der Waals surface area contributed by atoms with Crippen LogP contribution in [0.25, 0.3) is 0 Å². The lowest BCUT2D eigenvalue weighted by molar-refractivity contribution is 0.0624. The van der Waals surface area contributed by atoms with Crippen molar-refractivity contribution in [2.75, 3.05) is 39.5 Å². The molecule has 2 aromatic rings. The lowest BCUT2D eigenvalue weighted by Gasteiger charge is -2.34. The van der Waals surface area contributed by atoms with Crippen LogP contribution >= 0.6 is 11.6 Å². The van der Waals surface area contributed by atoms with Crippen LogP contribution in [0.3, 0.4) is 0 Å². The number of ketones is 1. The minimum atomic E-state index is -0.0306. The normalized spacial score (nSPS) is 16.4. The fourth-order valence-corrected chi connectivity index (χ4v) is 3.38. The second kappa shape index (κ2) is 7.58. The number of hydrogen-bond acceptors (Lipinski definition) is 5. The summed E-state index contributed by atoms with van der Waals surface area (Å²) < 4.78 is 10.6. The minimum absolute atomic E-state index is 0.0306. The van der Waals surface area contributed by atoms with Crippen LogP contribution in [0.15, 0.2) is 42.5 Å². The Bertz CT molecular complexity index is 861. The minimum Gasteiger partial charge on any atom is -0.454 e. The quantitative estimate of drug-likeness (QED) is 0.756. The molecule has 0 unspecified atom stereocenters. The number of rotatable bonds is 4. The van der Waals surface area contributed by atoms with E-state index >= 15 is 0 Å². The number of fused-ring (bicyclic) bond motifs is 1. The predicted octanol–water partition coefficient (Wildman–Crippen LogP) is 2.71. The van der Waals surface area contributed by atoms with Crippen molar-refractivity contribution in [1.29, 1.82) is 0 Å². The van der Waals surface area contributed by atoms with E-state index in [0.717, 1.165) is 0 Å². The van der Waals surface area contributed by atoms with E-state index in [0.29, 0.717) is 60.4 Å². The van der Waals surface area contributed by atoms with Gasteiger partial charge in [-0.3, -0.25) is 14.5 Å². The summed E-state index contributed by atoms with van der Waals surface area (Å²) in [4.78, 5) is 29.0. The summed E-state index contributed by atoms with van der Waals surface area (Å²) in [6.07, 6.45) is 0. The number of Topliss-reactive ketones (excluding diaryl/α,β-unsaturated/α-hetero) is 1. The van der Waals surface area contributed by atoms with Crippen molar-refractivity contribution < 1.29 is 19.1 Å². The summed E-state index contributed by atoms with van der Waals surface area (Å²) in [5.74, 6) is 1.30. The molecule has 2 aliphatic rings. The summed E-state index contributed by atoms with van der Waals surface area (Å²) in [5.41, 5.74) is 1.24. The standard InChI is InChI=1S/C20H19ClN2O4/c21-16-4-1-14(2-5-16)17(24)12-22-7-9-23(10-8-22)20(25)15-3-6-18-19(11-15)27-13-26-18/h1-6,11H,7-10,12-13H2. The zero-order valence-corrected chi connectivity index (χ0v) is 15.4. The number of benzene rings is 2. The van der Waals surface area contributed by atoms with E-state index in [1.54, 1.807) is 47.4 Å². The molecule has 2 heterocycles. The van der Waals surface area contributed by atoms with Crippen LogP contribution in [0.2, 0.25) is 5.02 Å². The van der Waals surface area contributed by atoms with Gasteiger partial charge in [0.2, 0.25) is 6.79 Å². The molecule has 0 atom stereocenters. The van der Waals surface area contributed by atoms with Crippen LogP contribution in [0.4, 0.5) is 0 Å². The van der Waals surface area contributed by atoms with Crippen molar-refractivity contribution in [1.82, 2.24) is 9.80 Å². The Morgan fingerprint density at radius 3 is 2.30 bits per heavy atom. The molecule has 6 nitrogen and oxygen atoms in total. The van der Waals surface area contributed by atoms with Crippen molar-refractivity contribution in [2.45, 2.75) is 0 Å². The van der Waals surface area contributed by atoms with Crippen LogP contribution in [0.1, 0.15) is 20.7 Å². The van der Waals surface area contributed by atoms with Gasteiger partial charge in [0.1, 0.15) is 0 Å². The second-order valence-electron chi connectivity index (χ2n) is 6.57. The van der Waals surface area contributed by atoms with Crippen LogP contribution in [-0.4, -0.2) is 61.0 Å². The molecule has 4 rings (SSSR count). The Balaban J connectivity index is 1.32. The van der Waals surface area contributed by atoms with Gasteiger partial charge in [0.05, 0.1) is 6.54 Å². The highest BCUT2D eigenvalue weighted by atomic mass is 35.5. The van der Waals surface area contributed by atoms with E-state index in [9.17, 15) is 9.59 Å². The molecule has 2 aromatic carbocycles. The number of halogens is 1. The van der Waals surface area contributed by atoms with Gasteiger partial charge < -0.3 is 14.4 Å². The second-order valence-corrected chi connectivity index (χ2v) is 7.00. The monoisotopic (exact) mass is 386 g/mol. The van der Waals surface area contributed by atoms with Crippen molar-refractivity contribution >= 4 is 23.3 Å².